The molecule has 1 aliphatic heterocycles. The lowest BCUT2D eigenvalue weighted by Crippen LogP contribution is -2.44. The van der Waals surface area contributed by atoms with Gasteiger partial charge < -0.3 is 19.5 Å². The molecule has 0 bridgehead atoms. The summed E-state index contributed by atoms with van der Waals surface area (Å²) in [7, 11) is 0. The van der Waals surface area contributed by atoms with E-state index in [1.165, 1.54) is 0 Å². The number of nitrogens with zero attached hydrogens (tertiary/aromatic N) is 1. The normalized spacial score (nSPS) is 16.6. The molecule has 1 amide bonds. The van der Waals surface area contributed by atoms with Crippen LogP contribution in [0.3, 0.4) is 0 Å². The van der Waals surface area contributed by atoms with E-state index in [0.29, 0.717) is 13.0 Å². The average molecular weight is 274 g/mol. The Labute approximate surface area is 117 Å². The van der Waals surface area contributed by atoms with Gasteiger partial charge in [0, 0.05) is 31.5 Å². The fraction of sp³-hybridized carbons (Fsp3) is 0.400. The molecule has 0 spiro atoms. The summed E-state index contributed by atoms with van der Waals surface area (Å²) >= 11 is 0. The summed E-state index contributed by atoms with van der Waals surface area (Å²) in [6.45, 7) is 1.30. The van der Waals surface area contributed by atoms with E-state index in [1.54, 1.807) is 18.6 Å². The molecule has 0 aliphatic carbocycles. The first-order valence-electron chi connectivity index (χ1n) is 6.86. The van der Waals surface area contributed by atoms with Crippen molar-refractivity contribution in [2.75, 3.05) is 6.54 Å². The third kappa shape index (κ3) is 2.63. The number of nitrogens with two attached hydrogens (primary N) is 1. The van der Waals surface area contributed by atoms with Gasteiger partial charge in [0.15, 0.2) is 0 Å². The SMILES string of the molecule is NC(Cc1ccco1)C(=O)N1CCCc2occc2C1. The van der Waals surface area contributed by atoms with Gasteiger partial charge in [-0.25, -0.2) is 0 Å². The third-order valence-corrected chi connectivity index (χ3v) is 3.66. The highest BCUT2D eigenvalue weighted by Gasteiger charge is 2.25. The van der Waals surface area contributed by atoms with Gasteiger partial charge in [-0.1, -0.05) is 0 Å². The summed E-state index contributed by atoms with van der Waals surface area (Å²) < 4.78 is 10.7. The summed E-state index contributed by atoms with van der Waals surface area (Å²) in [6, 6.07) is 5.01. The molecule has 5 heteroatoms. The summed E-state index contributed by atoms with van der Waals surface area (Å²) in [5.74, 6) is 1.69. The Balaban J connectivity index is 1.67. The molecular formula is C15H18N2O3. The summed E-state index contributed by atoms with van der Waals surface area (Å²) in [6.07, 6.45) is 5.48. The molecule has 3 heterocycles. The maximum Gasteiger partial charge on any atom is 0.240 e. The molecule has 0 aromatic carbocycles. The van der Waals surface area contributed by atoms with Crippen LogP contribution in [0.5, 0.6) is 0 Å². The molecule has 2 aromatic heterocycles. The van der Waals surface area contributed by atoms with Gasteiger partial charge in [-0.3, -0.25) is 4.79 Å². The van der Waals surface area contributed by atoms with Gasteiger partial charge in [-0.2, -0.15) is 0 Å². The van der Waals surface area contributed by atoms with Crippen LogP contribution in [-0.4, -0.2) is 23.4 Å². The fourth-order valence-corrected chi connectivity index (χ4v) is 2.60. The van der Waals surface area contributed by atoms with Crippen LogP contribution in [0.25, 0.3) is 0 Å². The predicted octanol–water partition coefficient (Wildman–Crippen LogP) is 1.72. The van der Waals surface area contributed by atoms with Crippen LogP contribution in [0.2, 0.25) is 0 Å². The maximum absolute atomic E-state index is 12.4. The zero-order valence-electron chi connectivity index (χ0n) is 11.2. The van der Waals surface area contributed by atoms with Crippen molar-refractivity contribution in [2.24, 2.45) is 5.73 Å². The fourth-order valence-electron chi connectivity index (χ4n) is 2.60. The van der Waals surface area contributed by atoms with Crippen molar-refractivity contribution in [2.45, 2.75) is 31.8 Å². The summed E-state index contributed by atoms with van der Waals surface area (Å²) in [5, 5.41) is 0. The molecule has 0 saturated heterocycles. The second-order valence-corrected chi connectivity index (χ2v) is 5.12. The Morgan fingerprint density at radius 2 is 2.25 bits per heavy atom. The molecular weight excluding hydrogens is 256 g/mol. The van der Waals surface area contributed by atoms with Crippen molar-refractivity contribution in [1.29, 1.82) is 0 Å². The van der Waals surface area contributed by atoms with Crippen LogP contribution >= 0.6 is 0 Å². The lowest BCUT2D eigenvalue weighted by Gasteiger charge is -2.23. The van der Waals surface area contributed by atoms with Gasteiger partial charge in [0.05, 0.1) is 18.6 Å². The molecule has 2 aromatic rings. The number of rotatable bonds is 3. The first-order chi connectivity index (χ1) is 9.74. The maximum atomic E-state index is 12.4. The van der Waals surface area contributed by atoms with Crippen LogP contribution in [0.1, 0.15) is 23.5 Å². The standard InChI is InChI=1S/C15H18N2O3/c16-13(9-12-3-2-7-19-12)15(18)17-6-1-4-14-11(10-17)5-8-20-14/h2-3,5,7-8,13H,1,4,6,9-10,16H2. The largest absolute Gasteiger partial charge is 0.469 e. The van der Waals surface area contributed by atoms with Gasteiger partial charge in [-0.05, 0) is 24.6 Å². The monoisotopic (exact) mass is 274 g/mol. The number of carbonyl (C=O) groups is 1. The average Bonchev–Trinajstić information content (AvgIpc) is 3.06. The minimum atomic E-state index is -0.561. The quantitative estimate of drug-likeness (QED) is 0.925. The summed E-state index contributed by atoms with van der Waals surface area (Å²) in [5.41, 5.74) is 7.10. The zero-order valence-corrected chi connectivity index (χ0v) is 11.2. The molecule has 106 valence electrons. The molecule has 20 heavy (non-hydrogen) atoms. The van der Waals surface area contributed by atoms with Crippen molar-refractivity contribution in [3.05, 3.63) is 47.8 Å². The van der Waals surface area contributed by atoms with E-state index in [0.717, 1.165) is 36.5 Å². The van der Waals surface area contributed by atoms with Gasteiger partial charge in [0.1, 0.15) is 11.5 Å². The molecule has 0 fully saturated rings. The smallest absolute Gasteiger partial charge is 0.240 e. The van der Waals surface area contributed by atoms with Crippen LogP contribution in [0.4, 0.5) is 0 Å². The molecule has 5 nitrogen and oxygen atoms in total. The Kier molecular flexibility index (Phi) is 3.60. The van der Waals surface area contributed by atoms with E-state index in [4.69, 9.17) is 14.6 Å². The number of fused-ring (bicyclic) bond motifs is 1. The van der Waals surface area contributed by atoms with Gasteiger partial charge in [0.2, 0.25) is 5.91 Å². The van der Waals surface area contributed by atoms with E-state index < -0.39 is 6.04 Å². The highest BCUT2D eigenvalue weighted by Crippen LogP contribution is 2.20. The second-order valence-electron chi connectivity index (χ2n) is 5.12. The number of furan rings is 2. The number of hydrogen-bond donors (Lipinski definition) is 1. The topological polar surface area (TPSA) is 72.6 Å². The Bertz CT molecular complexity index is 574. The van der Waals surface area contributed by atoms with Crippen molar-refractivity contribution >= 4 is 5.91 Å². The molecule has 2 N–H and O–H groups in total. The molecule has 0 radical (unpaired) electrons. The highest BCUT2D eigenvalue weighted by atomic mass is 16.3. The minimum Gasteiger partial charge on any atom is -0.469 e. The molecule has 0 saturated carbocycles. The van der Waals surface area contributed by atoms with Crippen molar-refractivity contribution < 1.29 is 13.6 Å². The van der Waals surface area contributed by atoms with Crippen molar-refractivity contribution in [3.8, 4) is 0 Å². The van der Waals surface area contributed by atoms with E-state index in [2.05, 4.69) is 0 Å². The van der Waals surface area contributed by atoms with Crippen LogP contribution in [-0.2, 0) is 24.2 Å². The summed E-state index contributed by atoms with van der Waals surface area (Å²) in [4.78, 5) is 14.3. The lowest BCUT2D eigenvalue weighted by molar-refractivity contribution is -0.133. The third-order valence-electron chi connectivity index (χ3n) is 3.66. The highest BCUT2D eigenvalue weighted by molar-refractivity contribution is 5.82. The van der Waals surface area contributed by atoms with Crippen LogP contribution in [0, 0.1) is 0 Å². The zero-order chi connectivity index (χ0) is 13.9. The number of amides is 1. The van der Waals surface area contributed by atoms with E-state index in [9.17, 15) is 4.79 Å². The van der Waals surface area contributed by atoms with Gasteiger partial charge in [-0.15, -0.1) is 0 Å². The lowest BCUT2D eigenvalue weighted by atomic mass is 10.1. The van der Waals surface area contributed by atoms with Gasteiger partial charge >= 0.3 is 0 Å². The predicted molar refractivity (Wildman–Crippen MR) is 72.8 cm³/mol. The first-order valence-corrected chi connectivity index (χ1v) is 6.86. The number of hydrogen-bond acceptors (Lipinski definition) is 4. The van der Waals surface area contributed by atoms with E-state index in [1.807, 2.05) is 17.0 Å². The number of aryl methyl sites for hydroxylation is 1. The molecule has 1 atom stereocenters. The minimum absolute atomic E-state index is 0.0320. The van der Waals surface area contributed by atoms with E-state index in [-0.39, 0.29) is 5.91 Å². The molecule has 3 rings (SSSR count). The Morgan fingerprint density at radius 3 is 3.05 bits per heavy atom. The molecule has 1 aliphatic rings. The van der Waals surface area contributed by atoms with Gasteiger partial charge in [0.25, 0.3) is 0 Å². The van der Waals surface area contributed by atoms with E-state index >= 15 is 0 Å². The number of carbonyl (C=O) groups excluding carboxylic acids is 1. The van der Waals surface area contributed by atoms with Crippen molar-refractivity contribution in [1.82, 2.24) is 4.90 Å². The second kappa shape index (κ2) is 5.54. The van der Waals surface area contributed by atoms with Crippen LogP contribution in [0.15, 0.2) is 39.6 Å². The van der Waals surface area contributed by atoms with Crippen LogP contribution < -0.4 is 5.73 Å². The Morgan fingerprint density at radius 1 is 1.35 bits per heavy atom. The van der Waals surface area contributed by atoms with Crippen molar-refractivity contribution in [3.63, 3.8) is 0 Å². The first kappa shape index (κ1) is 13.0. The molecule has 1 unspecified atom stereocenters. The Hall–Kier alpha value is -2.01.